The van der Waals surface area contributed by atoms with E-state index in [0.717, 1.165) is 42.1 Å². The van der Waals surface area contributed by atoms with Gasteiger partial charge in [-0.15, -0.1) is 0 Å². The molecule has 3 rings (SSSR count). The Morgan fingerprint density at radius 2 is 2.00 bits per heavy atom. The molecule has 0 spiro atoms. The van der Waals surface area contributed by atoms with Gasteiger partial charge in [-0.1, -0.05) is 45.2 Å². The van der Waals surface area contributed by atoms with Crippen LogP contribution in [0.25, 0.3) is 10.9 Å². The van der Waals surface area contributed by atoms with Crippen molar-refractivity contribution in [2.24, 2.45) is 16.1 Å². The lowest BCUT2D eigenvalue weighted by atomic mass is 9.90. The van der Waals surface area contributed by atoms with Crippen LogP contribution in [0.3, 0.4) is 0 Å². The van der Waals surface area contributed by atoms with E-state index in [4.69, 9.17) is 15.6 Å². The van der Waals surface area contributed by atoms with Gasteiger partial charge in [-0.2, -0.15) is 0 Å². The van der Waals surface area contributed by atoms with Crippen molar-refractivity contribution in [2.45, 2.75) is 65.5 Å². The van der Waals surface area contributed by atoms with Crippen LogP contribution in [0, 0.1) is 12.3 Å². The fourth-order valence-electron chi connectivity index (χ4n) is 3.83. The largest absolute Gasteiger partial charge is 0.368 e. The number of hydrogen-bond acceptors (Lipinski definition) is 6. The number of amides is 1. The molecule has 1 aromatic carbocycles. The summed E-state index contributed by atoms with van der Waals surface area (Å²) in [5, 5.41) is 8.87. The summed E-state index contributed by atoms with van der Waals surface area (Å²) < 4.78 is 0. The van der Waals surface area contributed by atoms with Crippen molar-refractivity contribution in [1.29, 1.82) is 0 Å². The summed E-state index contributed by atoms with van der Waals surface area (Å²) in [5.74, 6) is 0.865. The molecule has 2 atom stereocenters. The van der Waals surface area contributed by atoms with Crippen LogP contribution in [0.4, 0.5) is 5.82 Å². The molecule has 0 aliphatic heterocycles. The molecule has 4 N–H and O–H groups in total. The highest BCUT2D eigenvalue weighted by Gasteiger charge is 2.27. The number of nitrogens with zero attached hydrogens (tertiary/aromatic N) is 4. The predicted molar refractivity (Wildman–Crippen MR) is 132 cm³/mol. The molecule has 0 saturated heterocycles. The maximum absolute atomic E-state index is 12.8. The highest BCUT2D eigenvalue weighted by Crippen LogP contribution is 2.28. The molecule has 0 unspecified atom stereocenters. The molecule has 180 valence electrons. The molecule has 1 fully saturated rings. The molecule has 1 heterocycles. The first-order valence-electron chi connectivity index (χ1n) is 11.5. The number of carbonyl (C=O) groups is 1. The topological polar surface area (TPSA) is 118 Å². The van der Waals surface area contributed by atoms with Gasteiger partial charge in [-0.3, -0.25) is 9.63 Å². The van der Waals surface area contributed by atoms with Gasteiger partial charge < -0.3 is 16.4 Å². The smallest absolute Gasteiger partial charge is 0.289 e. The number of nitrogens with one attached hydrogen (secondary N) is 2. The lowest BCUT2D eigenvalue weighted by Crippen LogP contribution is -2.40. The fourth-order valence-corrected chi connectivity index (χ4v) is 3.83. The number of hydroxylamine groups is 2. The number of anilines is 1. The van der Waals surface area contributed by atoms with Gasteiger partial charge in [-0.05, 0) is 37.3 Å². The predicted octanol–water partition coefficient (Wildman–Crippen LogP) is 3.25. The van der Waals surface area contributed by atoms with Crippen molar-refractivity contribution in [3.05, 3.63) is 29.6 Å². The van der Waals surface area contributed by atoms with Gasteiger partial charge in [0, 0.05) is 19.0 Å². The number of hydrogen-bond donors (Lipinski definition) is 3. The van der Waals surface area contributed by atoms with Crippen LogP contribution in [0.15, 0.2) is 23.2 Å². The number of aryl methyl sites for hydroxylation is 1. The minimum atomic E-state index is -0.278. The number of guanidine groups is 1. The van der Waals surface area contributed by atoms with E-state index in [1.165, 1.54) is 5.06 Å². The van der Waals surface area contributed by atoms with E-state index in [9.17, 15) is 4.79 Å². The maximum Gasteiger partial charge on any atom is 0.289 e. The second-order valence-corrected chi connectivity index (χ2v) is 9.93. The lowest BCUT2D eigenvalue weighted by molar-refractivity contribution is -0.0435. The van der Waals surface area contributed by atoms with Gasteiger partial charge in [-0.25, -0.2) is 20.0 Å². The Hall–Kier alpha value is -2.94. The Kier molecular flexibility index (Phi) is 7.73. The van der Waals surface area contributed by atoms with E-state index in [2.05, 4.69) is 41.4 Å². The first-order chi connectivity index (χ1) is 15.6. The molecule has 0 bridgehead atoms. The normalized spacial score (nSPS) is 19.4. The number of fused-ring (bicyclic) bond motifs is 1. The number of rotatable bonds is 6. The van der Waals surface area contributed by atoms with Gasteiger partial charge >= 0.3 is 0 Å². The van der Waals surface area contributed by atoms with Crippen LogP contribution in [-0.2, 0) is 4.84 Å². The van der Waals surface area contributed by atoms with Gasteiger partial charge in [0.25, 0.3) is 5.91 Å². The number of aliphatic imine (C=N–C) groups is 1. The molecule has 1 saturated carbocycles. The highest BCUT2D eigenvalue weighted by atomic mass is 16.7. The Balaban J connectivity index is 1.94. The zero-order chi connectivity index (χ0) is 24.2. The number of carbonyl (C=O) groups excluding carboxylic acids is 1. The zero-order valence-electron chi connectivity index (χ0n) is 20.6. The van der Waals surface area contributed by atoms with Gasteiger partial charge in [0.05, 0.1) is 24.7 Å². The third-order valence-corrected chi connectivity index (χ3v) is 5.78. The van der Waals surface area contributed by atoms with Crippen LogP contribution in [-0.4, -0.2) is 59.7 Å². The van der Waals surface area contributed by atoms with E-state index in [-0.39, 0.29) is 29.2 Å². The second-order valence-electron chi connectivity index (χ2n) is 9.93. The van der Waals surface area contributed by atoms with E-state index >= 15 is 0 Å². The van der Waals surface area contributed by atoms with E-state index in [1.807, 2.05) is 25.1 Å². The van der Waals surface area contributed by atoms with E-state index in [1.54, 1.807) is 14.2 Å². The van der Waals surface area contributed by atoms with Gasteiger partial charge in [0.2, 0.25) is 11.8 Å². The molecule has 2 aromatic rings. The van der Waals surface area contributed by atoms with E-state index < -0.39 is 0 Å². The van der Waals surface area contributed by atoms with Crippen LogP contribution in [0.2, 0.25) is 0 Å². The van der Waals surface area contributed by atoms with Crippen molar-refractivity contribution < 1.29 is 9.63 Å². The quantitative estimate of drug-likeness (QED) is 0.348. The standard InChI is InChI=1S/C24H37N7O2/c1-15-11-12-17-16(13-15)20(30-21(27-17)22(32)26-14-24(2,3)4)28-18-9-7-8-10-19(18)29-23(25)31(5)33-6/h11-13,18-19H,7-10,14H2,1-6H3,(H2,25,29)(H,26,32)(H,27,28,30)/t18-,19+/m0/s1. The number of nitrogens with two attached hydrogens (primary N) is 1. The van der Waals surface area contributed by atoms with Gasteiger partial charge in [0.15, 0.2) is 0 Å². The molecule has 1 aromatic heterocycles. The molecular formula is C24H37N7O2. The summed E-state index contributed by atoms with van der Waals surface area (Å²) in [6.45, 7) is 8.78. The van der Waals surface area contributed by atoms with Crippen molar-refractivity contribution in [1.82, 2.24) is 20.3 Å². The van der Waals surface area contributed by atoms with Gasteiger partial charge in [0.1, 0.15) is 5.82 Å². The Bertz CT molecular complexity index is 1020. The third-order valence-electron chi connectivity index (χ3n) is 5.78. The molecule has 1 amide bonds. The molecule has 1 aliphatic rings. The van der Waals surface area contributed by atoms with Crippen LogP contribution in [0.5, 0.6) is 0 Å². The minimum absolute atomic E-state index is 0.0238. The SMILES string of the molecule is CON(C)C(N)=N[C@@H]1CCCC[C@@H]1Nc1nc(C(=O)NCC(C)(C)C)nc2ccc(C)cc12. The summed E-state index contributed by atoms with van der Waals surface area (Å²) >= 11 is 0. The summed E-state index contributed by atoms with van der Waals surface area (Å²) in [4.78, 5) is 31.9. The number of aromatic nitrogens is 2. The number of benzene rings is 1. The van der Waals surface area contributed by atoms with E-state index in [0.29, 0.717) is 18.3 Å². The monoisotopic (exact) mass is 455 g/mol. The summed E-state index contributed by atoms with van der Waals surface area (Å²) in [7, 11) is 3.29. The first-order valence-corrected chi connectivity index (χ1v) is 11.5. The Morgan fingerprint density at radius 3 is 2.70 bits per heavy atom. The average molecular weight is 456 g/mol. The van der Waals surface area contributed by atoms with Crippen LogP contribution < -0.4 is 16.4 Å². The molecular weight excluding hydrogens is 418 g/mol. The average Bonchev–Trinajstić information content (AvgIpc) is 2.77. The maximum atomic E-state index is 12.8. The zero-order valence-corrected chi connectivity index (χ0v) is 20.6. The lowest BCUT2D eigenvalue weighted by Gasteiger charge is -2.31. The third kappa shape index (κ3) is 6.54. The molecule has 33 heavy (non-hydrogen) atoms. The molecule has 1 aliphatic carbocycles. The molecule has 0 radical (unpaired) electrons. The van der Waals surface area contributed by atoms with Crippen LogP contribution >= 0.6 is 0 Å². The minimum Gasteiger partial charge on any atom is -0.368 e. The van der Waals surface area contributed by atoms with Crippen molar-refractivity contribution in [3.63, 3.8) is 0 Å². The molecule has 9 heteroatoms. The Morgan fingerprint density at radius 1 is 1.27 bits per heavy atom. The van der Waals surface area contributed by atoms with Crippen LogP contribution in [0.1, 0.15) is 62.6 Å². The van der Waals surface area contributed by atoms with Crippen molar-refractivity contribution in [2.75, 3.05) is 26.0 Å². The second kappa shape index (κ2) is 10.3. The summed E-state index contributed by atoms with van der Waals surface area (Å²) in [6.07, 6.45) is 4.02. The fraction of sp³-hybridized carbons (Fsp3) is 0.583. The van der Waals surface area contributed by atoms with Crippen molar-refractivity contribution >= 4 is 28.6 Å². The van der Waals surface area contributed by atoms with Crippen molar-refractivity contribution in [3.8, 4) is 0 Å². The Labute approximate surface area is 196 Å². The summed E-state index contributed by atoms with van der Waals surface area (Å²) in [6, 6.07) is 5.98. The first kappa shape index (κ1) is 24.7. The molecule has 9 nitrogen and oxygen atoms in total. The highest BCUT2D eigenvalue weighted by molar-refractivity contribution is 5.96. The summed E-state index contributed by atoms with van der Waals surface area (Å²) in [5.41, 5.74) is 7.90.